The minimum Gasteiger partial charge on any atom is -0.493 e. The zero-order chi connectivity index (χ0) is 20.6. The van der Waals surface area contributed by atoms with Crippen molar-refractivity contribution >= 4 is 11.8 Å². The fourth-order valence-corrected chi connectivity index (χ4v) is 2.92. The van der Waals surface area contributed by atoms with Gasteiger partial charge in [-0.25, -0.2) is 0 Å². The lowest BCUT2D eigenvalue weighted by molar-refractivity contribution is 0.304. The molecule has 0 unspecified atom stereocenters. The molecular weight excluding hydrogens is 352 g/mol. The van der Waals surface area contributed by atoms with Gasteiger partial charge in [0.15, 0.2) is 5.96 Å². The maximum Gasteiger partial charge on any atom is 0.185 e. The molecule has 158 valence electrons. The monoisotopic (exact) mass is 390 g/mol. The van der Waals surface area contributed by atoms with Crippen LogP contribution in [0.5, 0.6) is 5.75 Å². The third kappa shape index (κ3) is 11.4. The van der Waals surface area contributed by atoms with Crippen molar-refractivity contribution in [2.75, 3.05) is 26.2 Å². The van der Waals surface area contributed by atoms with E-state index in [1.807, 2.05) is 25.1 Å². The van der Waals surface area contributed by atoms with Crippen LogP contribution in [0.4, 0.5) is 0 Å². The number of ether oxygens (including phenoxy) is 1. The van der Waals surface area contributed by atoms with Crippen molar-refractivity contribution in [1.29, 1.82) is 5.41 Å². The number of nitrogens with two attached hydrogens (primary N) is 3. The molecule has 0 spiro atoms. The third-order valence-electron chi connectivity index (χ3n) is 4.55. The second-order valence-corrected chi connectivity index (χ2v) is 7.13. The molecule has 0 atom stereocenters. The van der Waals surface area contributed by atoms with E-state index in [9.17, 15) is 0 Å². The fraction of sp³-hybridized carbons (Fsp3) is 0.619. The van der Waals surface area contributed by atoms with Crippen LogP contribution in [0.2, 0.25) is 0 Å². The van der Waals surface area contributed by atoms with E-state index in [0.29, 0.717) is 6.61 Å². The van der Waals surface area contributed by atoms with Crippen LogP contribution >= 0.6 is 0 Å². The van der Waals surface area contributed by atoms with Gasteiger partial charge < -0.3 is 27.3 Å². The van der Waals surface area contributed by atoms with Crippen molar-refractivity contribution in [3.63, 3.8) is 0 Å². The molecule has 0 amide bonds. The van der Waals surface area contributed by atoms with Crippen LogP contribution in [0.15, 0.2) is 23.2 Å². The highest BCUT2D eigenvalue weighted by Crippen LogP contribution is 2.19. The normalized spacial score (nSPS) is 10.6. The highest BCUT2D eigenvalue weighted by molar-refractivity contribution is 5.95. The Balaban J connectivity index is 1.91. The summed E-state index contributed by atoms with van der Waals surface area (Å²) in [5, 5.41) is 11.0. The van der Waals surface area contributed by atoms with Crippen LogP contribution in [0.25, 0.3) is 0 Å². The molecule has 28 heavy (non-hydrogen) atoms. The summed E-state index contributed by atoms with van der Waals surface area (Å²) >= 11 is 0. The molecule has 1 aromatic carbocycles. The molecule has 0 heterocycles. The first kappa shape index (κ1) is 23.8. The largest absolute Gasteiger partial charge is 0.493 e. The van der Waals surface area contributed by atoms with E-state index >= 15 is 0 Å². The minimum atomic E-state index is 0.0866. The molecule has 1 aromatic rings. The maximum atomic E-state index is 7.45. The molecule has 0 saturated heterocycles. The molecule has 0 aliphatic carbocycles. The SMILES string of the molecule is Cc1cc(C(=N)N)ccc1OCCCCNCCCCCCCCN=C(N)N. The van der Waals surface area contributed by atoms with Gasteiger partial charge in [-0.1, -0.05) is 25.7 Å². The predicted octanol–water partition coefficient (Wildman–Crippen LogP) is 2.64. The zero-order valence-corrected chi connectivity index (χ0v) is 17.3. The second kappa shape index (κ2) is 14.7. The Morgan fingerprint density at radius 1 is 0.964 bits per heavy atom. The number of rotatable bonds is 16. The number of aryl methyl sites for hydroxylation is 1. The van der Waals surface area contributed by atoms with Gasteiger partial charge in [0.1, 0.15) is 11.6 Å². The maximum absolute atomic E-state index is 7.45. The highest BCUT2D eigenvalue weighted by Gasteiger charge is 2.03. The van der Waals surface area contributed by atoms with Gasteiger partial charge >= 0.3 is 0 Å². The predicted molar refractivity (Wildman–Crippen MR) is 118 cm³/mol. The number of nitrogen functional groups attached to an aromatic ring is 1. The number of hydrogen-bond donors (Lipinski definition) is 5. The average Bonchev–Trinajstić information content (AvgIpc) is 2.65. The molecule has 8 N–H and O–H groups in total. The number of hydrogen-bond acceptors (Lipinski definition) is 4. The summed E-state index contributed by atoms with van der Waals surface area (Å²) < 4.78 is 5.82. The van der Waals surface area contributed by atoms with Gasteiger partial charge in [0.25, 0.3) is 0 Å². The van der Waals surface area contributed by atoms with Crippen molar-refractivity contribution in [3.8, 4) is 5.75 Å². The minimum absolute atomic E-state index is 0.0866. The number of guanidine groups is 1. The van der Waals surface area contributed by atoms with Gasteiger partial charge in [-0.05, 0) is 69.5 Å². The Morgan fingerprint density at radius 3 is 2.25 bits per heavy atom. The van der Waals surface area contributed by atoms with Crippen LogP contribution in [0.3, 0.4) is 0 Å². The Bertz CT molecular complexity index is 599. The molecule has 7 nitrogen and oxygen atoms in total. The lowest BCUT2D eigenvalue weighted by Gasteiger charge is -2.10. The van der Waals surface area contributed by atoms with E-state index in [4.69, 9.17) is 27.3 Å². The van der Waals surface area contributed by atoms with Gasteiger partial charge in [-0.3, -0.25) is 10.4 Å². The number of nitrogens with zero attached hydrogens (tertiary/aromatic N) is 1. The summed E-state index contributed by atoms with van der Waals surface area (Å²) in [6.45, 7) is 5.55. The first-order valence-corrected chi connectivity index (χ1v) is 10.3. The Hall–Kier alpha value is -2.28. The summed E-state index contributed by atoms with van der Waals surface area (Å²) in [7, 11) is 0. The van der Waals surface area contributed by atoms with E-state index in [-0.39, 0.29) is 11.8 Å². The van der Waals surface area contributed by atoms with E-state index in [1.54, 1.807) is 0 Å². The van der Waals surface area contributed by atoms with Crippen molar-refractivity contribution < 1.29 is 4.74 Å². The molecule has 0 fully saturated rings. The summed E-state index contributed by atoms with van der Waals surface area (Å²) in [4.78, 5) is 3.99. The molecule has 1 rings (SSSR count). The highest BCUT2D eigenvalue weighted by atomic mass is 16.5. The van der Waals surface area contributed by atoms with E-state index in [1.165, 1.54) is 32.1 Å². The number of amidine groups is 1. The van der Waals surface area contributed by atoms with Crippen molar-refractivity contribution in [3.05, 3.63) is 29.3 Å². The lowest BCUT2D eigenvalue weighted by atomic mass is 10.1. The third-order valence-corrected chi connectivity index (χ3v) is 4.55. The smallest absolute Gasteiger partial charge is 0.185 e. The first-order chi connectivity index (χ1) is 13.5. The number of unbranched alkanes of at least 4 members (excludes halogenated alkanes) is 6. The molecule has 0 aliphatic rings. The van der Waals surface area contributed by atoms with Crippen molar-refractivity contribution in [1.82, 2.24) is 5.32 Å². The second-order valence-electron chi connectivity index (χ2n) is 7.13. The van der Waals surface area contributed by atoms with E-state index in [0.717, 1.165) is 55.8 Å². The molecule has 0 aliphatic heterocycles. The van der Waals surface area contributed by atoms with Gasteiger partial charge in [0, 0.05) is 12.1 Å². The van der Waals surface area contributed by atoms with Crippen LogP contribution in [-0.4, -0.2) is 38.0 Å². The molecular formula is C21H38N6O. The van der Waals surface area contributed by atoms with Gasteiger partial charge in [0.2, 0.25) is 0 Å². The number of nitrogens with one attached hydrogen (secondary N) is 2. The number of benzene rings is 1. The molecule has 0 saturated carbocycles. The van der Waals surface area contributed by atoms with Gasteiger partial charge in [0.05, 0.1) is 6.61 Å². The standard InChI is InChI=1S/C21H38N6O/c1-17-16-18(20(22)23)10-11-19(17)28-15-9-8-13-26-12-6-4-2-3-5-7-14-27-21(24)25/h10-11,16,26H,2-9,12-15H2,1H3,(H3,22,23)(H4,24,25,27). The fourth-order valence-electron chi connectivity index (χ4n) is 2.92. The average molecular weight is 391 g/mol. The summed E-state index contributed by atoms with van der Waals surface area (Å²) in [5.41, 5.74) is 17.8. The van der Waals surface area contributed by atoms with Crippen molar-refractivity contribution in [2.45, 2.75) is 58.3 Å². The Labute approximate surface area is 169 Å². The Morgan fingerprint density at radius 2 is 1.61 bits per heavy atom. The lowest BCUT2D eigenvalue weighted by Crippen LogP contribution is -2.22. The summed E-state index contributed by atoms with van der Waals surface area (Å²) in [6.07, 6.45) is 9.43. The van der Waals surface area contributed by atoms with Crippen molar-refractivity contribution in [2.24, 2.45) is 22.2 Å². The molecule has 7 heteroatoms. The number of aliphatic imine (C=N–C) groups is 1. The molecule has 0 radical (unpaired) electrons. The van der Waals surface area contributed by atoms with Crippen LogP contribution < -0.4 is 27.3 Å². The zero-order valence-electron chi connectivity index (χ0n) is 17.3. The van der Waals surface area contributed by atoms with Gasteiger partial charge in [-0.2, -0.15) is 0 Å². The summed E-state index contributed by atoms with van der Waals surface area (Å²) in [6, 6.07) is 5.62. The van der Waals surface area contributed by atoms with Gasteiger partial charge in [-0.15, -0.1) is 0 Å². The Kier molecular flexibility index (Phi) is 12.5. The van der Waals surface area contributed by atoms with E-state index in [2.05, 4.69) is 10.3 Å². The van der Waals surface area contributed by atoms with Crippen LogP contribution in [-0.2, 0) is 0 Å². The first-order valence-electron chi connectivity index (χ1n) is 10.3. The topological polar surface area (TPSA) is 136 Å². The van der Waals surface area contributed by atoms with Crippen LogP contribution in [0, 0.1) is 12.3 Å². The van der Waals surface area contributed by atoms with E-state index < -0.39 is 0 Å². The molecule has 0 bridgehead atoms. The molecule has 0 aromatic heterocycles. The van der Waals surface area contributed by atoms with Crippen LogP contribution in [0.1, 0.15) is 62.5 Å². The summed E-state index contributed by atoms with van der Waals surface area (Å²) in [5.74, 6) is 1.15. The quantitative estimate of drug-likeness (QED) is 0.168.